The van der Waals surface area contributed by atoms with Crippen molar-refractivity contribution in [2.45, 2.75) is 71.9 Å². The van der Waals surface area contributed by atoms with Crippen LogP contribution in [0.25, 0.3) is 0 Å². The van der Waals surface area contributed by atoms with Crippen molar-refractivity contribution < 1.29 is 9.59 Å². The molecule has 0 aromatic heterocycles. The van der Waals surface area contributed by atoms with E-state index in [1.54, 1.807) is 6.92 Å². The highest BCUT2D eigenvalue weighted by Crippen LogP contribution is 2.32. The zero-order chi connectivity index (χ0) is 18.4. The number of carbonyl (C=O) groups excluding carboxylic acids is 2. The summed E-state index contributed by atoms with van der Waals surface area (Å²) in [5, 5.41) is 3.11. The summed E-state index contributed by atoms with van der Waals surface area (Å²) < 4.78 is 0. The maximum absolute atomic E-state index is 12.5. The minimum Gasteiger partial charge on any atom is -0.354 e. The van der Waals surface area contributed by atoms with Crippen LogP contribution in [0.2, 0.25) is 0 Å². The summed E-state index contributed by atoms with van der Waals surface area (Å²) in [6.45, 7) is 8.79. The van der Waals surface area contributed by atoms with Gasteiger partial charge in [0, 0.05) is 19.5 Å². The molecule has 2 unspecified atom stereocenters. The molecule has 1 N–H and O–H groups in total. The standard InChI is InChI=1S/C21H32N2O2/c1-15(2)8-7-9-16(3)22-21(25)14-20-19-11-6-5-10-18(19)12-13-23(20)17(4)24/h5-6,10-11,15-16,20H,7-9,12-14H2,1-4H3,(H,22,25). The number of benzene rings is 1. The molecule has 0 saturated carbocycles. The van der Waals surface area contributed by atoms with E-state index in [4.69, 9.17) is 0 Å². The Kier molecular flexibility index (Phi) is 7.03. The van der Waals surface area contributed by atoms with Crippen LogP contribution in [0.5, 0.6) is 0 Å². The summed E-state index contributed by atoms with van der Waals surface area (Å²) >= 11 is 0. The molecule has 0 bridgehead atoms. The Balaban J connectivity index is 1.98. The van der Waals surface area contributed by atoms with Crippen molar-refractivity contribution in [3.63, 3.8) is 0 Å². The molecule has 4 heteroatoms. The molecular formula is C21H32N2O2. The van der Waals surface area contributed by atoms with Crippen molar-refractivity contribution >= 4 is 11.8 Å². The summed E-state index contributed by atoms with van der Waals surface area (Å²) in [6, 6.07) is 8.19. The van der Waals surface area contributed by atoms with Gasteiger partial charge in [0.25, 0.3) is 0 Å². The fourth-order valence-electron chi connectivity index (χ4n) is 3.66. The van der Waals surface area contributed by atoms with E-state index in [-0.39, 0.29) is 23.9 Å². The Hall–Kier alpha value is -1.84. The number of amides is 2. The average Bonchev–Trinajstić information content (AvgIpc) is 2.54. The molecule has 0 spiro atoms. The smallest absolute Gasteiger partial charge is 0.222 e. The van der Waals surface area contributed by atoms with Gasteiger partial charge in [0.05, 0.1) is 12.5 Å². The van der Waals surface area contributed by atoms with E-state index in [0.29, 0.717) is 18.9 Å². The molecule has 1 aliphatic heterocycles. The Bertz CT molecular complexity index is 597. The van der Waals surface area contributed by atoms with Crippen LogP contribution in [-0.4, -0.2) is 29.3 Å². The lowest BCUT2D eigenvalue weighted by Gasteiger charge is -2.36. The van der Waals surface area contributed by atoms with Crippen LogP contribution < -0.4 is 5.32 Å². The minimum absolute atomic E-state index is 0.0324. The third-order valence-corrected chi connectivity index (χ3v) is 5.02. The average molecular weight is 344 g/mol. The molecule has 2 atom stereocenters. The highest BCUT2D eigenvalue weighted by atomic mass is 16.2. The summed E-state index contributed by atoms with van der Waals surface area (Å²) in [4.78, 5) is 26.4. The Labute approximate surface area is 152 Å². The Morgan fingerprint density at radius 3 is 2.60 bits per heavy atom. The topological polar surface area (TPSA) is 49.4 Å². The van der Waals surface area contributed by atoms with Crippen LogP contribution in [0.4, 0.5) is 0 Å². The second-order valence-corrected chi connectivity index (χ2v) is 7.67. The van der Waals surface area contributed by atoms with E-state index in [2.05, 4.69) is 38.2 Å². The van der Waals surface area contributed by atoms with E-state index in [1.807, 2.05) is 17.0 Å². The zero-order valence-electron chi connectivity index (χ0n) is 16.0. The summed E-state index contributed by atoms with van der Waals surface area (Å²) in [5.74, 6) is 0.771. The molecule has 1 heterocycles. The van der Waals surface area contributed by atoms with E-state index in [1.165, 1.54) is 12.0 Å². The second-order valence-electron chi connectivity index (χ2n) is 7.67. The maximum Gasteiger partial charge on any atom is 0.222 e. The first-order valence-electron chi connectivity index (χ1n) is 9.52. The molecule has 1 aromatic carbocycles. The molecule has 138 valence electrons. The molecule has 2 rings (SSSR count). The van der Waals surface area contributed by atoms with Crippen molar-refractivity contribution in [3.8, 4) is 0 Å². The Morgan fingerprint density at radius 1 is 1.20 bits per heavy atom. The van der Waals surface area contributed by atoms with Gasteiger partial charge in [-0.05, 0) is 36.8 Å². The van der Waals surface area contributed by atoms with Crippen molar-refractivity contribution in [1.82, 2.24) is 10.2 Å². The predicted octanol–water partition coefficient (Wildman–Crippen LogP) is 3.85. The highest BCUT2D eigenvalue weighted by molar-refractivity contribution is 5.79. The first-order valence-corrected chi connectivity index (χ1v) is 9.52. The quantitative estimate of drug-likeness (QED) is 0.817. The van der Waals surface area contributed by atoms with Crippen LogP contribution in [0.3, 0.4) is 0 Å². The van der Waals surface area contributed by atoms with Crippen molar-refractivity contribution in [2.75, 3.05) is 6.54 Å². The fraction of sp³-hybridized carbons (Fsp3) is 0.619. The summed E-state index contributed by atoms with van der Waals surface area (Å²) in [6.07, 6.45) is 4.52. The van der Waals surface area contributed by atoms with Crippen molar-refractivity contribution in [3.05, 3.63) is 35.4 Å². The normalized spacial score (nSPS) is 18.0. The third kappa shape index (κ3) is 5.58. The van der Waals surface area contributed by atoms with Crippen LogP contribution >= 0.6 is 0 Å². The Morgan fingerprint density at radius 2 is 1.92 bits per heavy atom. The molecule has 0 aliphatic carbocycles. The zero-order valence-corrected chi connectivity index (χ0v) is 16.0. The van der Waals surface area contributed by atoms with Crippen LogP contribution in [-0.2, 0) is 16.0 Å². The minimum atomic E-state index is -0.148. The molecular weight excluding hydrogens is 312 g/mol. The molecule has 1 aromatic rings. The van der Waals surface area contributed by atoms with E-state index < -0.39 is 0 Å². The van der Waals surface area contributed by atoms with Gasteiger partial charge in [-0.1, -0.05) is 51.0 Å². The van der Waals surface area contributed by atoms with Gasteiger partial charge in [-0.25, -0.2) is 0 Å². The van der Waals surface area contributed by atoms with E-state index >= 15 is 0 Å². The maximum atomic E-state index is 12.5. The monoisotopic (exact) mass is 344 g/mol. The lowest BCUT2D eigenvalue weighted by Crippen LogP contribution is -2.42. The van der Waals surface area contributed by atoms with Gasteiger partial charge in [0.2, 0.25) is 11.8 Å². The van der Waals surface area contributed by atoms with E-state index in [0.717, 1.165) is 24.8 Å². The van der Waals surface area contributed by atoms with Gasteiger partial charge in [0.1, 0.15) is 0 Å². The van der Waals surface area contributed by atoms with Gasteiger partial charge in [-0.15, -0.1) is 0 Å². The molecule has 0 radical (unpaired) electrons. The van der Waals surface area contributed by atoms with Gasteiger partial charge in [-0.3, -0.25) is 9.59 Å². The van der Waals surface area contributed by atoms with E-state index in [9.17, 15) is 9.59 Å². The third-order valence-electron chi connectivity index (χ3n) is 5.02. The SMILES string of the molecule is CC(=O)N1CCc2ccccc2C1CC(=O)NC(C)CCCC(C)C. The first-order chi connectivity index (χ1) is 11.9. The number of carbonyl (C=O) groups is 2. The number of fused-ring (bicyclic) bond motifs is 1. The van der Waals surface area contributed by atoms with Crippen molar-refractivity contribution in [2.24, 2.45) is 5.92 Å². The highest BCUT2D eigenvalue weighted by Gasteiger charge is 2.30. The molecule has 0 saturated heterocycles. The van der Waals surface area contributed by atoms with Crippen LogP contribution in [0.1, 0.15) is 70.5 Å². The lowest BCUT2D eigenvalue weighted by atomic mass is 9.90. The number of hydrogen-bond donors (Lipinski definition) is 1. The van der Waals surface area contributed by atoms with Crippen LogP contribution in [0.15, 0.2) is 24.3 Å². The number of nitrogens with one attached hydrogen (secondary N) is 1. The van der Waals surface area contributed by atoms with Gasteiger partial charge in [0.15, 0.2) is 0 Å². The molecule has 1 aliphatic rings. The lowest BCUT2D eigenvalue weighted by molar-refractivity contribution is -0.133. The number of rotatable bonds is 7. The van der Waals surface area contributed by atoms with Crippen LogP contribution in [0, 0.1) is 5.92 Å². The molecule has 4 nitrogen and oxygen atoms in total. The molecule has 2 amide bonds. The summed E-state index contributed by atoms with van der Waals surface area (Å²) in [7, 11) is 0. The molecule has 0 fully saturated rings. The predicted molar refractivity (Wildman–Crippen MR) is 101 cm³/mol. The van der Waals surface area contributed by atoms with Gasteiger partial charge in [-0.2, -0.15) is 0 Å². The fourth-order valence-corrected chi connectivity index (χ4v) is 3.66. The second kappa shape index (κ2) is 9.02. The van der Waals surface area contributed by atoms with Crippen molar-refractivity contribution in [1.29, 1.82) is 0 Å². The van der Waals surface area contributed by atoms with Gasteiger partial charge < -0.3 is 10.2 Å². The summed E-state index contributed by atoms with van der Waals surface area (Å²) in [5.41, 5.74) is 2.37. The largest absolute Gasteiger partial charge is 0.354 e. The molecule has 25 heavy (non-hydrogen) atoms. The number of nitrogens with zero attached hydrogens (tertiary/aromatic N) is 1. The number of hydrogen-bond acceptors (Lipinski definition) is 2. The first kappa shape index (κ1) is 19.5. The van der Waals surface area contributed by atoms with Gasteiger partial charge >= 0.3 is 0 Å².